The predicted octanol–water partition coefficient (Wildman–Crippen LogP) is 3.59. The molecule has 0 bridgehead atoms. The third-order valence-corrected chi connectivity index (χ3v) is 5.76. The van der Waals surface area contributed by atoms with Gasteiger partial charge in [-0.3, -0.25) is 0 Å². The average molecular weight is 361 g/mol. The van der Waals surface area contributed by atoms with Crippen LogP contribution >= 0.6 is 11.3 Å². The van der Waals surface area contributed by atoms with Gasteiger partial charge in [-0.1, -0.05) is 30.3 Å². The molecule has 0 aliphatic carbocycles. The summed E-state index contributed by atoms with van der Waals surface area (Å²) in [6.45, 7) is 1.96. The number of rotatable bonds is 6. The lowest BCUT2D eigenvalue weighted by molar-refractivity contribution is 0.595. The number of fused-ring (bicyclic) bond motifs is 1. The molecule has 0 saturated heterocycles. The minimum absolute atomic E-state index is 0.0119. The lowest BCUT2D eigenvalue weighted by atomic mass is 10.2. The van der Waals surface area contributed by atoms with Crippen LogP contribution in [0.2, 0.25) is 0 Å². The van der Waals surface area contributed by atoms with Gasteiger partial charge in [-0.2, -0.15) is 0 Å². The first kappa shape index (κ1) is 16.9. The van der Waals surface area contributed by atoms with Gasteiger partial charge in [0, 0.05) is 17.2 Å². The zero-order chi connectivity index (χ0) is 17.2. The van der Waals surface area contributed by atoms with Crippen LogP contribution in [0.25, 0.3) is 20.7 Å². The first-order valence-electron chi connectivity index (χ1n) is 7.66. The number of anilines is 1. The Kier molecular flexibility index (Phi) is 4.82. The summed E-state index contributed by atoms with van der Waals surface area (Å²) in [7, 11) is -2.96. The van der Waals surface area contributed by atoms with Crippen molar-refractivity contribution in [3.63, 3.8) is 0 Å². The van der Waals surface area contributed by atoms with E-state index >= 15 is 0 Å². The number of hydrogen-bond acceptors (Lipinski definition) is 6. The van der Waals surface area contributed by atoms with Crippen molar-refractivity contribution in [3.05, 3.63) is 42.7 Å². The molecule has 1 unspecified atom stereocenters. The highest BCUT2D eigenvalue weighted by Crippen LogP contribution is 2.34. The fraction of sp³-hybridized carbons (Fsp3) is 0.294. The Morgan fingerprint density at radius 3 is 2.67 bits per heavy atom. The van der Waals surface area contributed by atoms with E-state index in [4.69, 9.17) is 0 Å². The van der Waals surface area contributed by atoms with Crippen molar-refractivity contribution >= 4 is 37.2 Å². The smallest absolute Gasteiger partial charge is 0.147 e. The maximum absolute atomic E-state index is 11.3. The summed E-state index contributed by atoms with van der Waals surface area (Å²) in [5, 5.41) is 4.28. The van der Waals surface area contributed by atoms with Crippen LogP contribution in [0.3, 0.4) is 0 Å². The summed E-state index contributed by atoms with van der Waals surface area (Å²) < 4.78 is 22.6. The minimum Gasteiger partial charge on any atom is -0.367 e. The van der Waals surface area contributed by atoms with Crippen molar-refractivity contribution in [2.24, 2.45) is 0 Å². The summed E-state index contributed by atoms with van der Waals surface area (Å²) in [5.41, 5.74) is 1.15. The van der Waals surface area contributed by atoms with Gasteiger partial charge in [0.2, 0.25) is 0 Å². The first-order chi connectivity index (χ1) is 11.4. The summed E-state index contributed by atoms with van der Waals surface area (Å²) in [6, 6.07) is 12.3. The van der Waals surface area contributed by atoms with Crippen LogP contribution in [0.4, 0.5) is 5.82 Å². The Morgan fingerprint density at radius 1 is 1.21 bits per heavy atom. The predicted molar refractivity (Wildman–Crippen MR) is 100 cm³/mol. The molecule has 0 aliphatic rings. The molecular weight excluding hydrogens is 342 g/mol. The fourth-order valence-corrected chi connectivity index (χ4v) is 4.20. The van der Waals surface area contributed by atoms with E-state index in [1.165, 1.54) is 6.26 Å². The summed E-state index contributed by atoms with van der Waals surface area (Å²) in [6.07, 6.45) is 3.34. The SMILES string of the molecule is CC(CCS(C)(=O)=O)Nc1ncnc2sc(-c3ccccc3)cc12. The second-order valence-corrected chi connectivity index (χ2v) is 9.17. The number of nitrogens with one attached hydrogen (secondary N) is 1. The molecule has 1 aromatic carbocycles. The van der Waals surface area contributed by atoms with Crippen LogP contribution in [0.15, 0.2) is 42.7 Å². The van der Waals surface area contributed by atoms with Crippen LogP contribution in [0.5, 0.6) is 0 Å². The number of nitrogens with zero attached hydrogens (tertiary/aromatic N) is 2. The van der Waals surface area contributed by atoms with Crippen molar-refractivity contribution < 1.29 is 8.42 Å². The van der Waals surface area contributed by atoms with E-state index in [-0.39, 0.29) is 11.8 Å². The van der Waals surface area contributed by atoms with Gasteiger partial charge in [0.15, 0.2) is 0 Å². The molecule has 1 N–H and O–H groups in total. The Balaban J connectivity index is 1.85. The van der Waals surface area contributed by atoms with Gasteiger partial charge >= 0.3 is 0 Å². The molecule has 2 aromatic heterocycles. The monoisotopic (exact) mass is 361 g/mol. The van der Waals surface area contributed by atoms with E-state index in [1.807, 2.05) is 25.1 Å². The van der Waals surface area contributed by atoms with Crippen molar-refractivity contribution in [1.29, 1.82) is 0 Å². The quantitative estimate of drug-likeness (QED) is 0.726. The molecule has 0 amide bonds. The maximum atomic E-state index is 11.3. The highest BCUT2D eigenvalue weighted by Gasteiger charge is 2.13. The molecule has 126 valence electrons. The third-order valence-electron chi connectivity index (χ3n) is 3.69. The van der Waals surface area contributed by atoms with Crippen molar-refractivity contribution in [3.8, 4) is 10.4 Å². The fourth-order valence-electron chi connectivity index (χ4n) is 2.41. The molecule has 0 saturated carbocycles. The molecule has 24 heavy (non-hydrogen) atoms. The average Bonchev–Trinajstić information content (AvgIpc) is 2.98. The normalized spacial score (nSPS) is 13.1. The molecular formula is C17H19N3O2S2. The largest absolute Gasteiger partial charge is 0.367 e. The van der Waals surface area contributed by atoms with Crippen LogP contribution < -0.4 is 5.32 Å². The first-order valence-corrected chi connectivity index (χ1v) is 10.5. The number of sulfone groups is 1. The Labute approximate surface area is 145 Å². The van der Waals surface area contributed by atoms with E-state index in [1.54, 1.807) is 17.7 Å². The minimum atomic E-state index is -2.96. The number of hydrogen-bond donors (Lipinski definition) is 1. The summed E-state index contributed by atoms with van der Waals surface area (Å²) in [4.78, 5) is 10.7. The maximum Gasteiger partial charge on any atom is 0.147 e. The van der Waals surface area contributed by atoms with Crippen LogP contribution in [0, 0.1) is 0 Å². The molecule has 0 fully saturated rings. The second-order valence-electron chi connectivity index (χ2n) is 5.88. The molecule has 5 nitrogen and oxygen atoms in total. The standard InChI is InChI=1S/C17H19N3O2S2/c1-12(8-9-24(2,21)22)20-16-14-10-15(13-6-4-3-5-7-13)23-17(14)19-11-18-16/h3-7,10-12H,8-9H2,1-2H3,(H,18,19,20). The van der Waals surface area contributed by atoms with Gasteiger partial charge in [-0.15, -0.1) is 11.3 Å². The Bertz CT molecular complexity index is 937. The van der Waals surface area contributed by atoms with Gasteiger partial charge in [0.1, 0.15) is 26.8 Å². The van der Waals surface area contributed by atoms with E-state index in [2.05, 4.69) is 33.5 Å². The zero-order valence-corrected chi connectivity index (χ0v) is 15.2. The van der Waals surface area contributed by atoms with Gasteiger partial charge in [0.25, 0.3) is 0 Å². The molecule has 7 heteroatoms. The number of aromatic nitrogens is 2. The van der Waals surface area contributed by atoms with Crippen molar-refractivity contribution in [1.82, 2.24) is 9.97 Å². The Hall–Kier alpha value is -1.99. The molecule has 2 heterocycles. The topological polar surface area (TPSA) is 72.0 Å². The van der Waals surface area contributed by atoms with Crippen molar-refractivity contribution in [2.75, 3.05) is 17.3 Å². The number of benzene rings is 1. The van der Waals surface area contributed by atoms with E-state index in [0.717, 1.165) is 26.5 Å². The lowest BCUT2D eigenvalue weighted by Gasteiger charge is -2.14. The van der Waals surface area contributed by atoms with E-state index in [0.29, 0.717) is 6.42 Å². The molecule has 0 aliphatic heterocycles. The van der Waals surface area contributed by atoms with Gasteiger partial charge < -0.3 is 5.32 Å². The van der Waals surface area contributed by atoms with Crippen LogP contribution in [-0.2, 0) is 9.84 Å². The third kappa shape index (κ3) is 4.10. The zero-order valence-electron chi connectivity index (χ0n) is 13.6. The highest BCUT2D eigenvalue weighted by molar-refractivity contribution is 7.90. The summed E-state index contributed by atoms with van der Waals surface area (Å²) in [5.74, 6) is 0.910. The molecule has 0 spiro atoms. The van der Waals surface area contributed by atoms with Crippen LogP contribution in [0.1, 0.15) is 13.3 Å². The van der Waals surface area contributed by atoms with E-state index in [9.17, 15) is 8.42 Å². The lowest BCUT2D eigenvalue weighted by Crippen LogP contribution is -2.20. The van der Waals surface area contributed by atoms with Gasteiger partial charge in [-0.25, -0.2) is 18.4 Å². The molecule has 0 radical (unpaired) electrons. The van der Waals surface area contributed by atoms with Gasteiger partial charge in [-0.05, 0) is 25.0 Å². The van der Waals surface area contributed by atoms with Gasteiger partial charge in [0.05, 0.1) is 11.1 Å². The van der Waals surface area contributed by atoms with Crippen LogP contribution in [-0.4, -0.2) is 36.4 Å². The highest BCUT2D eigenvalue weighted by atomic mass is 32.2. The molecule has 1 atom stereocenters. The van der Waals surface area contributed by atoms with Crippen molar-refractivity contribution in [2.45, 2.75) is 19.4 Å². The summed E-state index contributed by atoms with van der Waals surface area (Å²) >= 11 is 1.62. The Morgan fingerprint density at radius 2 is 1.96 bits per heavy atom. The second kappa shape index (κ2) is 6.86. The number of thiophene rings is 1. The molecule has 3 aromatic rings. The van der Waals surface area contributed by atoms with E-state index < -0.39 is 9.84 Å². The molecule has 3 rings (SSSR count).